The highest BCUT2D eigenvalue weighted by molar-refractivity contribution is 5.85. The Bertz CT molecular complexity index is 304. The molecule has 0 bridgehead atoms. The predicted molar refractivity (Wildman–Crippen MR) is 77.3 cm³/mol. The number of hydrogen-bond acceptors (Lipinski definition) is 3. The summed E-state index contributed by atoms with van der Waals surface area (Å²) in [6.07, 6.45) is 0. The maximum atomic E-state index is 12.0. The summed E-state index contributed by atoms with van der Waals surface area (Å²) in [4.78, 5) is 27.1. The first kappa shape index (κ1) is 18.0. The Hall–Kier alpha value is -1.01. The highest BCUT2D eigenvalue weighted by Gasteiger charge is 2.28. The number of halogens is 1. The molecule has 3 amide bonds. The third-order valence-electron chi connectivity index (χ3n) is 3.21. The van der Waals surface area contributed by atoms with Gasteiger partial charge in [-0.1, -0.05) is 13.8 Å². The lowest BCUT2D eigenvalue weighted by molar-refractivity contribution is -0.135. The van der Waals surface area contributed by atoms with Gasteiger partial charge in [0.15, 0.2) is 0 Å². The zero-order valence-electron chi connectivity index (χ0n) is 11.9. The molecule has 1 heterocycles. The lowest BCUT2D eigenvalue weighted by Gasteiger charge is -2.36. The number of nitrogens with zero attached hydrogens (tertiary/aromatic N) is 2. The molecule has 3 N–H and O–H groups in total. The molecule has 19 heavy (non-hydrogen) atoms. The van der Waals surface area contributed by atoms with Crippen molar-refractivity contribution in [3.63, 3.8) is 0 Å². The lowest BCUT2D eigenvalue weighted by atomic mass is 10.0. The van der Waals surface area contributed by atoms with E-state index in [0.29, 0.717) is 32.7 Å². The Morgan fingerprint density at radius 3 is 2.05 bits per heavy atom. The van der Waals surface area contributed by atoms with Crippen LogP contribution in [0.15, 0.2) is 0 Å². The maximum Gasteiger partial charge on any atom is 0.317 e. The highest BCUT2D eigenvalue weighted by Crippen LogP contribution is 2.07. The molecular weight excluding hydrogens is 268 g/mol. The minimum absolute atomic E-state index is 0. The first-order valence-corrected chi connectivity index (χ1v) is 6.54. The summed E-state index contributed by atoms with van der Waals surface area (Å²) in [7, 11) is 0. The topological polar surface area (TPSA) is 78.7 Å². The maximum absolute atomic E-state index is 12.0. The van der Waals surface area contributed by atoms with Gasteiger partial charge in [0.05, 0.1) is 6.04 Å². The van der Waals surface area contributed by atoms with Gasteiger partial charge in [-0.3, -0.25) is 4.79 Å². The van der Waals surface area contributed by atoms with Gasteiger partial charge in [-0.15, -0.1) is 12.4 Å². The van der Waals surface area contributed by atoms with E-state index in [0.717, 1.165) is 0 Å². The van der Waals surface area contributed by atoms with Crippen LogP contribution in [0.3, 0.4) is 0 Å². The fourth-order valence-corrected chi connectivity index (χ4v) is 1.89. The Labute approximate surface area is 121 Å². The quantitative estimate of drug-likeness (QED) is 0.783. The van der Waals surface area contributed by atoms with Gasteiger partial charge in [0, 0.05) is 32.7 Å². The fourth-order valence-electron chi connectivity index (χ4n) is 1.89. The number of amides is 3. The molecule has 1 rings (SSSR count). The second kappa shape index (κ2) is 8.22. The Morgan fingerprint density at radius 1 is 1.16 bits per heavy atom. The van der Waals surface area contributed by atoms with Crippen LogP contribution in [0.2, 0.25) is 0 Å². The van der Waals surface area contributed by atoms with E-state index in [1.54, 1.807) is 9.80 Å². The van der Waals surface area contributed by atoms with Crippen LogP contribution >= 0.6 is 12.4 Å². The Balaban J connectivity index is 0.00000324. The molecular formula is C12H25ClN4O2. The first-order valence-electron chi connectivity index (χ1n) is 6.54. The number of hydrogen-bond donors (Lipinski definition) is 2. The van der Waals surface area contributed by atoms with Gasteiger partial charge in [0.25, 0.3) is 0 Å². The summed E-state index contributed by atoms with van der Waals surface area (Å²) in [5.41, 5.74) is 5.85. The number of urea groups is 1. The van der Waals surface area contributed by atoms with Gasteiger partial charge in [-0.05, 0) is 12.8 Å². The van der Waals surface area contributed by atoms with Crippen molar-refractivity contribution in [2.24, 2.45) is 11.7 Å². The highest BCUT2D eigenvalue weighted by atomic mass is 35.5. The van der Waals surface area contributed by atoms with Gasteiger partial charge in [0.1, 0.15) is 0 Å². The van der Waals surface area contributed by atoms with Gasteiger partial charge in [-0.25, -0.2) is 4.79 Å². The monoisotopic (exact) mass is 292 g/mol. The van der Waals surface area contributed by atoms with Crippen molar-refractivity contribution in [3.8, 4) is 0 Å². The minimum atomic E-state index is -0.444. The molecule has 112 valence electrons. The van der Waals surface area contributed by atoms with Crippen molar-refractivity contribution in [1.29, 1.82) is 0 Å². The predicted octanol–water partition coefficient (Wildman–Crippen LogP) is 0.265. The fraction of sp³-hybridized carbons (Fsp3) is 0.833. The minimum Gasteiger partial charge on any atom is -0.338 e. The lowest BCUT2D eigenvalue weighted by Crippen LogP contribution is -2.56. The van der Waals surface area contributed by atoms with Crippen LogP contribution in [0.25, 0.3) is 0 Å². The number of carbonyl (C=O) groups is 2. The number of rotatable bonds is 3. The van der Waals surface area contributed by atoms with Crippen molar-refractivity contribution in [2.75, 3.05) is 32.7 Å². The van der Waals surface area contributed by atoms with E-state index in [4.69, 9.17) is 5.73 Å². The standard InChI is InChI=1S/C12H24N4O2.ClH/c1-4-14-12(18)16-7-5-15(6-8-16)11(17)10(13)9(2)3;/h9-10H,4-8,13H2,1-3H3,(H,14,18);1H. The third kappa shape index (κ3) is 4.87. The molecule has 0 radical (unpaired) electrons. The molecule has 0 aromatic heterocycles. The van der Waals surface area contributed by atoms with Gasteiger partial charge in [0.2, 0.25) is 5.91 Å². The van der Waals surface area contributed by atoms with Crippen LogP contribution in [0.4, 0.5) is 4.79 Å². The molecule has 7 heteroatoms. The molecule has 1 atom stereocenters. The van der Waals surface area contributed by atoms with Crippen LogP contribution in [0, 0.1) is 5.92 Å². The number of nitrogens with two attached hydrogens (primary N) is 1. The molecule has 1 saturated heterocycles. The van der Waals surface area contributed by atoms with Crippen molar-refractivity contribution < 1.29 is 9.59 Å². The van der Waals surface area contributed by atoms with E-state index < -0.39 is 6.04 Å². The molecule has 0 spiro atoms. The summed E-state index contributed by atoms with van der Waals surface area (Å²) in [6, 6.07) is -0.501. The largest absolute Gasteiger partial charge is 0.338 e. The van der Waals surface area contributed by atoms with E-state index in [1.807, 2.05) is 20.8 Å². The summed E-state index contributed by atoms with van der Waals surface area (Å²) in [6.45, 7) is 8.66. The summed E-state index contributed by atoms with van der Waals surface area (Å²) < 4.78 is 0. The second-order valence-corrected chi connectivity index (χ2v) is 4.92. The number of piperazine rings is 1. The molecule has 0 aromatic carbocycles. The second-order valence-electron chi connectivity index (χ2n) is 4.92. The van der Waals surface area contributed by atoms with E-state index >= 15 is 0 Å². The number of carbonyl (C=O) groups excluding carboxylic acids is 2. The van der Waals surface area contributed by atoms with Crippen LogP contribution < -0.4 is 11.1 Å². The molecule has 1 fully saturated rings. The summed E-state index contributed by atoms with van der Waals surface area (Å²) in [5, 5.41) is 2.76. The Kier molecular flexibility index (Phi) is 7.78. The summed E-state index contributed by atoms with van der Waals surface area (Å²) >= 11 is 0. The zero-order chi connectivity index (χ0) is 13.7. The van der Waals surface area contributed by atoms with Crippen LogP contribution in [-0.4, -0.2) is 60.5 Å². The van der Waals surface area contributed by atoms with Crippen LogP contribution in [-0.2, 0) is 4.79 Å². The molecule has 1 unspecified atom stereocenters. The number of nitrogens with one attached hydrogen (secondary N) is 1. The van der Waals surface area contributed by atoms with E-state index in [9.17, 15) is 9.59 Å². The van der Waals surface area contributed by atoms with Gasteiger partial charge in [-0.2, -0.15) is 0 Å². The van der Waals surface area contributed by atoms with Crippen molar-refractivity contribution in [1.82, 2.24) is 15.1 Å². The molecule has 0 aliphatic carbocycles. The molecule has 1 aliphatic rings. The van der Waals surface area contributed by atoms with Crippen molar-refractivity contribution in [2.45, 2.75) is 26.8 Å². The molecule has 0 aromatic rings. The molecule has 6 nitrogen and oxygen atoms in total. The van der Waals surface area contributed by atoms with E-state index in [1.165, 1.54) is 0 Å². The average molecular weight is 293 g/mol. The third-order valence-corrected chi connectivity index (χ3v) is 3.21. The van der Waals surface area contributed by atoms with Gasteiger partial charge >= 0.3 is 6.03 Å². The summed E-state index contributed by atoms with van der Waals surface area (Å²) in [5.74, 6) is 0.125. The Morgan fingerprint density at radius 2 is 1.63 bits per heavy atom. The average Bonchev–Trinajstić information content (AvgIpc) is 2.37. The normalized spacial score (nSPS) is 16.9. The first-order chi connectivity index (χ1) is 8.47. The molecule has 0 saturated carbocycles. The van der Waals surface area contributed by atoms with Crippen molar-refractivity contribution >= 4 is 24.3 Å². The van der Waals surface area contributed by atoms with Gasteiger partial charge < -0.3 is 20.9 Å². The van der Waals surface area contributed by atoms with Crippen LogP contribution in [0.1, 0.15) is 20.8 Å². The zero-order valence-corrected chi connectivity index (χ0v) is 12.7. The SMILES string of the molecule is CCNC(=O)N1CCN(C(=O)C(N)C(C)C)CC1.Cl. The van der Waals surface area contributed by atoms with Crippen molar-refractivity contribution in [3.05, 3.63) is 0 Å². The van der Waals surface area contributed by atoms with E-state index in [2.05, 4.69) is 5.32 Å². The molecule has 1 aliphatic heterocycles. The smallest absolute Gasteiger partial charge is 0.317 e. The van der Waals surface area contributed by atoms with Crippen LogP contribution in [0.5, 0.6) is 0 Å². The van der Waals surface area contributed by atoms with E-state index in [-0.39, 0.29) is 30.3 Å².